The number of Topliss-reactive ketones (excluding diaryl/α,β-unsaturated/α-hetero) is 1. The third-order valence-corrected chi connectivity index (χ3v) is 8.19. The number of amides is 6. The van der Waals surface area contributed by atoms with Gasteiger partial charge in [0.1, 0.15) is 23.7 Å². The average molecular weight is 807 g/mol. The molecule has 0 aromatic heterocycles. The van der Waals surface area contributed by atoms with Crippen molar-refractivity contribution in [1.29, 1.82) is 0 Å². The fraction of sp³-hybridized carbons (Fsp3) is 0.256. The predicted molar refractivity (Wildman–Crippen MR) is 219 cm³/mol. The van der Waals surface area contributed by atoms with Crippen molar-refractivity contribution >= 4 is 64.4 Å². The quantitative estimate of drug-likeness (QED) is 0.0689. The molecule has 4 rings (SSSR count). The first-order valence-corrected chi connectivity index (χ1v) is 18.5. The highest BCUT2D eigenvalue weighted by atomic mass is 16.6. The predicted octanol–water partition coefficient (Wildman–Crippen LogP) is 5.09. The molecule has 3 atom stereocenters. The third-order valence-electron chi connectivity index (χ3n) is 8.19. The molecule has 4 aromatic carbocycles. The molecule has 6 amide bonds. The molecule has 6 N–H and O–H groups in total. The molecule has 0 aliphatic heterocycles. The molecule has 0 aliphatic carbocycles. The van der Waals surface area contributed by atoms with Gasteiger partial charge in [0.15, 0.2) is 12.4 Å². The van der Waals surface area contributed by atoms with Gasteiger partial charge in [-0.1, -0.05) is 48.5 Å². The zero-order valence-corrected chi connectivity index (χ0v) is 33.3. The Morgan fingerprint density at radius 2 is 0.898 bits per heavy atom. The van der Waals surface area contributed by atoms with Crippen LogP contribution in [-0.4, -0.2) is 77.7 Å². The van der Waals surface area contributed by atoms with Crippen molar-refractivity contribution in [3.8, 4) is 0 Å². The number of rotatable bonds is 15. The van der Waals surface area contributed by atoms with Crippen LogP contribution >= 0.6 is 0 Å². The van der Waals surface area contributed by atoms with Gasteiger partial charge >= 0.3 is 12.1 Å². The first kappa shape index (κ1) is 44.4. The lowest BCUT2D eigenvalue weighted by molar-refractivity contribution is -0.118. The van der Waals surface area contributed by atoms with Crippen LogP contribution in [0.25, 0.3) is 0 Å². The van der Waals surface area contributed by atoms with E-state index < -0.39 is 71.9 Å². The van der Waals surface area contributed by atoms with Gasteiger partial charge in [-0.25, -0.2) is 9.59 Å². The molecule has 0 spiro atoms. The monoisotopic (exact) mass is 806 g/mol. The highest BCUT2D eigenvalue weighted by Crippen LogP contribution is 2.16. The van der Waals surface area contributed by atoms with Gasteiger partial charge in [-0.3, -0.25) is 28.8 Å². The van der Waals surface area contributed by atoms with E-state index >= 15 is 0 Å². The molecule has 0 radical (unpaired) electrons. The van der Waals surface area contributed by atoms with E-state index in [0.29, 0.717) is 5.56 Å². The number of hydrogen-bond donors (Lipinski definition) is 6. The number of esters is 1. The van der Waals surface area contributed by atoms with Crippen LogP contribution in [-0.2, 0) is 23.9 Å². The molecule has 0 aliphatic rings. The summed E-state index contributed by atoms with van der Waals surface area (Å²) in [6.07, 6.45) is -0.760. The van der Waals surface area contributed by atoms with Crippen LogP contribution in [0, 0.1) is 0 Å². The molecule has 308 valence electrons. The van der Waals surface area contributed by atoms with Gasteiger partial charge in [0.2, 0.25) is 17.7 Å². The Hall–Kier alpha value is -7.36. The number of ether oxygens (including phenoxy) is 2. The minimum absolute atomic E-state index is 0.102. The number of nitrogens with one attached hydrogen (secondary N) is 6. The van der Waals surface area contributed by atoms with Crippen LogP contribution in [0.4, 0.5) is 21.9 Å². The van der Waals surface area contributed by atoms with Crippen LogP contribution in [0.15, 0.2) is 103 Å². The Kier molecular flexibility index (Phi) is 15.2. The second-order valence-electron chi connectivity index (χ2n) is 14.3. The maximum atomic E-state index is 13.1. The zero-order valence-electron chi connectivity index (χ0n) is 33.3. The topological polar surface area (TPSA) is 227 Å². The molecule has 16 nitrogen and oxygen atoms in total. The first-order valence-electron chi connectivity index (χ1n) is 18.5. The van der Waals surface area contributed by atoms with Crippen LogP contribution in [0.3, 0.4) is 0 Å². The van der Waals surface area contributed by atoms with E-state index in [1.165, 1.54) is 69.3 Å². The molecule has 0 saturated heterocycles. The van der Waals surface area contributed by atoms with Gasteiger partial charge in [0.05, 0.1) is 5.56 Å². The van der Waals surface area contributed by atoms with E-state index in [1.807, 2.05) is 0 Å². The van der Waals surface area contributed by atoms with E-state index in [4.69, 9.17) is 9.47 Å². The summed E-state index contributed by atoms with van der Waals surface area (Å²) >= 11 is 0. The minimum Gasteiger partial charge on any atom is -0.454 e. The zero-order chi connectivity index (χ0) is 43.3. The Morgan fingerprint density at radius 1 is 0.508 bits per heavy atom. The maximum absolute atomic E-state index is 13.1. The van der Waals surface area contributed by atoms with Crippen LogP contribution in [0.5, 0.6) is 0 Å². The Balaban J connectivity index is 1.26. The molecule has 0 heterocycles. The van der Waals surface area contributed by atoms with Gasteiger partial charge in [0, 0.05) is 33.8 Å². The highest BCUT2D eigenvalue weighted by Gasteiger charge is 2.23. The van der Waals surface area contributed by atoms with Crippen molar-refractivity contribution in [3.63, 3.8) is 0 Å². The van der Waals surface area contributed by atoms with Crippen molar-refractivity contribution in [2.45, 2.75) is 65.3 Å². The summed E-state index contributed by atoms with van der Waals surface area (Å²) in [5.41, 5.74) is 0.812. The van der Waals surface area contributed by atoms with E-state index in [-0.39, 0.29) is 39.5 Å². The molecular weight excluding hydrogens is 761 g/mol. The summed E-state index contributed by atoms with van der Waals surface area (Å²) in [6.45, 7) is 9.03. The van der Waals surface area contributed by atoms with Crippen molar-refractivity contribution in [2.75, 3.05) is 22.6 Å². The average Bonchev–Trinajstić information content (AvgIpc) is 3.19. The smallest absolute Gasteiger partial charge is 0.408 e. The van der Waals surface area contributed by atoms with Crippen LogP contribution in [0.2, 0.25) is 0 Å². The van der Waals surface area contributed by atoms with Crippen molar-refractivity contribution in [3.05, 3.63) is 125 Å². The second-order valence-corrected chi connectivity index (χ2v) is 14.3. The molecule has 0 saturated carbocycles. The standard InChI is InChI=1S/C43H46N6O10/c1-25(44-40(55)30-16-11-19-33(22-30)48-38(53)27(3)46-42(57)59-43(4,5)6)36(51)47-32-18-10-15-29(21-32)39(54)45-26(2)37(52)49-34-20-12-17-31(23-34)41(56)58-24-35(50)28-13-8-7-9-14-28/h7-23,25-27H,24H2,1-6H3,(H,44,55)(H,45,54)(H,46,57)(H,47,51)(H,48,53)(H,49,52)/t25-,26-,27-/m0/s1. The maximum Gasteiger partial charge on any atom is 0.408 e. The number of alkyl carbamates (subject to hydrolysis) is 1. The lowest BCUT2D eigenvalue weighted by Gasteiger charge is -2.21. The number of benzene rings is 4. The second kappa shape index (κ2) is 20.2. The fourth-order valence-electron chi connectivity index (χ4n) is 5.11. The number of anilines is 3. The Morgan fingerprint density at radius 3 is 1.34 bits per heavy atom. The Labute approximate surface area is 340 Å². The van der Waals surface area contributed by atoms with Gasteiger partial charge in [-0.15, -0.1) is 0 Å². The molecule has 0 fully saturated rings. The largest absolute Gasteiger partial charge is 0.454 e. The van der Waals surface area contributed by atoms with E-state index in [1.54, 1.807) is 75.4 Å². The fourth-order valence-corrected chi connectivity index (χ4v) is 5.11. The summed E-state index contributed by atoms with van der Waals surface area (Å²) in [4.78, 5) is 102. The van der Waals surface area contributed by atoms with Crippen LogP contribution < -0.4 is 31.9 Å². The lowest BCUT2D eigenvalue weighted by Crippen LogP contribution is -2.44. The molecule has 0 unspecified atom stereocenters. The van der Waals surface area contributed by atoms with E-state index in [0.717, 1.165) is 0 Å². The summed E-state index contributed by atoms with van der Waals surface area (Å²) in [6, 6.07) is 23.2. The number of hydrogen-bond acceptors (Lipinski definition) is 10. The van der Waals surface area contributed by atoms with Crippen molar-refractivity contribution in [1.82, 2.24) is 16.0 Å². The van der Waals surface area contributed by atoms with Crippen molar-refractivity contribution in [2.24, 2.45) is 0 Å². The van der Waals surface area contributed by atoms with E-state index in [2.05, 4.69) is 31.9 Å². The molecule has 4 aromatic rings. The van der Waals surface area contributed by atoms with Gasteiger partial charge in [0.25, 0.3) is 11.8 Å². The number of ketones is 1. The highest BCUT2D eigenvalue weighted by molar-refractivity contribution is 6.05. The van der Waals surface area contributed by atoms with Gasteiger partial charge < -0.3 is 41.4 Å². The molecular formula is C43H46N6O10. The first-order chi connectivity index (χ1) is 27.9. The number of carbonyl (C=O) groups is 8. The normalized spacial score (nSPS) is 12.3. The summed E-state index contributed by atoms with van der Waals surface area (Å²) in [5.74, 6) is -4.08. The minimum atomic E-state index is -1.03. The lowest BCUT2D eigenvalue weighted by atomic mass is 10.1. The van der Waals surface area contributed by atoms with Gasteiger partial charge in [-0.2, -0.15) is 0 Å². The van der Waals surface area contributed by atoms with Crippen molar-refractivity contribution < 1.29 is 47.8 Å². The summed E-state index contributed by atoms with van der Waals surface area (Å²) in [7, 11) is 0. The van der Waals surface area contributed by atoms with E-state index in [9.17, 15) is 38.4 Å². The summed E-state index contributed by atoms with van der Waals surface area (Å²) < 4.78 is 10.3. The van der Waals surface area contributed by atoms with Gasteiger partial charge in [-0.05, 0) is 96.1 Å². The molecule has 16 heteroatoms. The number of carbonyl (C=O) groups excluding carboxylic acids is 8. The Bertz CT molecular complexity index is 2220. The SMILES string of the molecule is C[C@H](NC(=O)OC(C)(C)C)C(=O)Nc1cccc(C(=O)N[C@@H](C)C(=O)Nc2cccc(C(=O)N[C@@H](C)C(=O)Nc3cccc(C(=O)OCC(=O)c4ccccc4)c3)c2)c1. The molecule has 0 bridgehead atoms. The third kappa shape index (κ3) is 14.0. The van der Waals surface area contributed by atoms with Crippen LogP contribution in [0.1, 0.15) is 83.0 Å². The summed E-state index contributed by atoms with van der Waals surface area (Å²) in [5, 5.41) is 15.5. The molecule has 59 heavy (non-hydrogen) atoms.